The Labute approximate surface area is 138 Å². The van der Waals surface area contributed by atoms with E-state index in [0.717, 1.165) is 46.8 Å². The number of rotatable bonds is 3. The Balaban J connectivity index is 1.60. The lowest BCUT2D eigenvalue weighted by atomic mass is 10.2. The molecule has 1 aromatic carbocycles. The fourth-order valence-corrected chi connectivity index (χ4v) is 3.75. The molecule has 7 heteroatoms. The summed E-state index contributed by atoms with van der Waals surface area (Å²) in [6.07, 6.45) is 0. The minimum absolute atomic E-state index is 0.784. The van der Waals surface area contributed by atoms with E-state index >= 15 is 0 Å². The number of hydrogen-bond donors (Lipinski definition) is 0. The highest BCUT2D eigenvalue weighted by atomic mass is 35.5. The second-order valence-corrected chi connectivity index (χ2v) is 7.38. The number of nitrogens with zero attached hydrogens (tertiary/aromatic N) is 4. The molecule has 21 heavy (non-hydrogen) atoms. The minimum Gasteiger partial charge on any atom is -0.369 e. The zero-order valence-corrected chi connectivity index (χ0v) is 14.2. The molecule has 0 amide bonds. The van der Waals surface area contributed by atoms with E-state index in [1.165, 1.54) is 5.69 Å². The first-order chi connectivity index (χ1) is 10.1. The first-order valence-electron chi connectivity index (χ1n) is 6.89. The van der Waals surface area contributed by atoms with Crippen molar-refractivity contribution >= 4 is 40.8 Å². The van der Waals surface area contributed by atoms with Crippen LogP contribution in [-0.4, -0.2) is 40.9 Å². The Kier molecular flexibility index (Phi) is 4.59. The third-order valence-corrected chi connectivity index (χ3v) is 5.05. The number of halogens is 1. The van der Waals surface area contributed by atoms with Gasteiger partial charge in [0.2, 0.25) is 0 Å². The van der Waals surface area contributed by atoms with Crippen molar-refractivity contribution in [1.29, 1.82) is 0 Å². The summed E-state index contributed by atoms with van der Waals surface area (Å²) >= 11 is 13.0. The predicted molar refractivity (Wildman–Crippen MR) is 90.9 cm³/mol. The summed E-state index contributed by atoms with van der Waals surface area (Å²) < 4.78 is 2.77. The van der Waals surface area contributed by atoms with Gasteiger partial charge in [-0.1, -0.05) is 29.0 Å². The van der Waals surface area contributed by atoms with Crippen LogP contribution in [0.5, 0.6) is 0 Å². The Bertz CT molecular complexity index is 674. The van der Waals surface area contributed by atoms with Crippen molar-refractivity contribution < 1.29 is 0 Å². The van der Waals surface area contributed by atoms with E-state index in [1.54, 1.807) is 11.3 Å². The molecule has 2 aromatic rings. The van der Waals surface area contributed by atoms with Gasteiger partial charge in [-0.3, -0.25) is 4.90 Å². The van der Waals surface area contributed by atoms with Crippen LogP contribution in [0.25, 0.3) is 0 Å². The summed E-state index contributed by atoms with van der Waals surface area (Å²) in [4.78, 5) is 4.75. The van der Waals surface area contributed by atoms with Gasteiger partial charge in [0.1, 0.15) is 5.01 Å². The van der Waals surface area contributed by atoms with E-state index in [2.05, 4.69) is 21.0 Å². The lowest BCUT2D eigenvalue weighted by Gasteiger charge is -2.35. The first-order valence-corrected chi connectivity index (χ1v) is 8.49. The second-order valence-electron chi connectivity index (χ2n) is 5.11. The zero-order chi connectivity index (χ0) is 14.8. The molecular formula is C14H17ClN4S2. The van der Waals surface area contributed by atoms with Crippen LogP contribution in [0.3, 0.4) is 0 Å². The summed E-state index contributed by atoms with van der Waals surface area (Å²) in [5.74, 6) is 0. The summed E-state index contributed by atoms with van der Waals surface area (Å²) in [5, 5.41) is 6.27. The van der Waals surface area contributed by atoms with Crippen molar-refractivity contribution in [3.63, 3.8) is 0 Å². The van der Waals surface area contributed by atoms with Crippen molar-refractivity contribution in [2.75, 3.05) is 31.1 Å². The Morgan fingerprint density at radius 2 is 2.05 bits per heavy atom. The van der Waals surface area contributed by atoms with Crippen LogP contribution >= 0.6 is 35.2 Å². The fourth-order valence-electron chi connectivity index (χ4n) is 2.51. The molecule has 0 bridgehead atoms. The molecule has 0 radical (unpaired) electrons. The van der Waals surface area contributed by atoms with Gasteiger partial charge in [0, 0.05) is 36.9 Å². The smallest absolute Gasteiger partial charge is 0.180 e. The molecule has 1 aromatic heterocycles. The van der Waals surface area contributed by atoms with Gasteiger partial charge >= 0.3 is 0 Å². The Hall–Kier alpha value is -0.950. The fraction of sp³-hybridized carbons (Fsp3) is 0.429. The summed E-state index contributed by atoms with van der Waals surface area (Å²) in [6, 6.07) is 8.05. The molecular weight excluding hydrogens is 324 g/mol. The van der Waals surface area contributed by atoms with E-state index < -0.39 is 0 Å². The highest BCUT2D eigenvalue weighted by Crippen LogP contribution is 2.21. The molecule has 1 aliphatic rings. The number of anilines is 1. The van der Waals surface area contributed by atoms with Crippen molar-refractivity contribution in [3.05, 3.63) is 38.3 Å². The van der Waals surface area contributed by atoms with Crippen molar-refractivity contribution in [2.45, 2.75) is 13.6 Å². The van der Waals surface area contributed by atoms with Gasteiger partial charge in [-0.25, -0.2) is 4.68 Å². The van der Waals surface area contributed by atoms with Gasteiger partial charge in [-0.05, 0) is 37.3 Å². The molecule has 0 saturated carbocycles. The predicted octanol–water partition coefficient (Wildman–Crippen LogP) is 3.42. The number of aryl methyl sites for hydroxylation is 1. The second kappa shape index (κ2) is 6.44. The van der Waals surface area contributed by atoms with E-state index in [9.17, 15) is 0 Å². The van der Waals surface area contributed by atoms with E-state index in [-0.39, 0.29) is 0 Å². The van der Waals surface area contributed by atoms with Crippen LogP contribution in [0, 0.1) is 10.9 Å². The van der Waals surface area contributed by atoms with Crippen molar-refractivity contribution in [1.82, 2.24) is 14.7 Å². The van der Waals surface area contributed by atoms with Crippen LogP contribution in [0.1, 0.15) is 5.01 Å². The van der Waals surface area contributed by atoms with Crippen molar-refractivity contribution in [2.24, 2.45) is 0 Å². The van der Waals surface area contributed by atoms with Crippen LogP contribution in [0.2, 0.25) is 5.02 Å². The Morgan fingerprint density at radius 3 is 2.67 bits per heavy atom. The molecule has 4 nitrogen and oxygen atoms in total. The maximum absolute atomic E-state index is 6.06. The topological polar surface area (TPSA) is 24.3 Å². The molecule has 0 unspecified atom stereocenters. The molecule has 2 heterocycles. The maximum Gasteiger partial charge on any atom is 0.180 e. The van der Waals surface area contributed by atoms with Gasteiger partial charge in [0.25, 0.3) is 0 Å². The Morgan fingerprint density at radius 1 is 1.29 bits per heavy atom. The highest BCUT2D eigenvalue weighted by Gasteiger charge is 2.18. The van der Waals surface area contributed by atoms with Crippen LogP contribution < -0.4 is 4.90 Å². The average molecular weight is 341 g/mol. The summed E-state index contributed by atoms with van der Waals surface area (Å²) in [5.41, 5.74) is 1.20. The largest absolute Gasteiger partial charge is 0.369 e. The average Bonchev–Trinajstić information content (AvgIpc) is 2.78. The highest BCUT2D eigenvalue weighted by molar-refractivity contribution is 7.73. The third-order valence-electron chi connectivity index (χ3n) is 3.59. The van der Waals surface area contributed by atoms with Gasteiger partial charge < -0.3 is 4.90 Å². The normalized spacial score (nSPS) is 16.4. The van der Waals surface area contributed by atoms with E-state index in [1.807, 2.05) is 29.8 Å². The lowest BCUT2D eigenvalue weighted by molar-refractivity contribution is 0.195. The first kappa shape index (κ1) is 15.0. The van der Waals surface area contributed by atoms with Gasteiger partial charge in [-0.2, -0.15) is 5.10 Å². The maximum atomic E-state index is 6.06. The van der Waals surface area contributed by atoms with Crippen LogP contribution in [-0.2, 0) is 6.67 Å². The number of aromatic nitrogens is 2. The molecule has 0 N–H and O–H groups in total. The molecule has 0 atom stereocenters. The number of hydrogen-bond acceptors (Lipinski definition) is 5. The molecule has 1 fully saturated rings. The van der Waals surface area contributed by atoms with E-state index in [4.69, 9.17) is 23.8 Å². The van der Waals surface area contributed by atoms with Crippen LogP contribution in [0.15, 0.2) is 24.3 Å². The van der Waals surface area contributed by atoms with Gasteiger partial charge in [0.15, 0.2) is 3.95 Å². The molecule has 0 spiro atoms. The molecule has 1 aliphatic heterocycles. The van der Waals surface area contributed by atoms with Gasteiger partial charge in [0.05, 0.1) is 6.67 Å². The third kappa shape index (κ3) is 3.63. The summed E-state index contributed by atoms with van der Waals surface area (Å²) in [7, 11) is 0. The zero-order valence-electron chi connectivity index (χ0n) is 11.8. The summed E-state index contributed by atoms with van der Waals surface area (Å²) in [6.45, 7) is 6.78. The molecule has 0 aliphatic carbocycles. The molecule has 112 valence electrons. The quantitative estimate of drug-likeness (QED) is 0.799. The minimum atomic E-state index is 0.784. The molecule has 3 rings (SSSR count). The van der Waals surface area contributed by atoms with E-state index in [0.29, 0.717) is 0 Å². The van der Waals surface area contributed by atoms with Crippen LogP contribution in [0.4, 0.5) is 5.69 Å². The standard InChI is InChI=1S/C14H17ClN4S2/c1-11-16-19(14(20)21-11)10-17-5-7-18(8-6-17)13-4-2-3-12(15)9-13/h2-4,9H,5-8,10H2,1H3. The monoisotopic (exact) mass is 340 g/mol. The van der Waals surface area contributed by atoms with Gasteiger partial charge in [-0.15, -0.1) is 0 Å². The molecule has 1 saturated heterocycles. The lowest BCUT2D eigenvalue weighted by Crippen LogP contribution is -2.46. The van der Waals surface area contributed by atoms with Crippen molar-refractivity contribution in [3.8, 4) is 0 Å². The number of piperazine rings is 1. The number of benzene rings is 1. The SMILES string of the molecule is Cc1nn(CN2CCN(c3cccc(Cl)c3)CC2)c(=S)s1.